The zero-order valence-electron chi connectivity index (χ0n) is 10.8. The van der Waals surface area contributed by atoms with E-state index in [9.17, 15) is 4.79 Å². The topological polar surface area (TPSA) is 42.1 Å². The van der Waals surface area contributed by atoms with E-state index in [1.807, 2.05) is 6.07 Å². The zero-order valence-corrected chi connectivity index (χ0v) is 11.8. The van der Waals surface area contributed by atoms with Crippen molar-refractivity contribution in [3.05, 3.63) is 34.2 Å². The molecule has 1 aromatic heterocycles. The third kappa shape index (κ3) is 3.32. The largest absolute Gasteiger partial charge is 0.413 e. The molecule has 0 aliphatic carbocycles. The molecule has 1 N–H and O–H groups in total. The lowest BCUT2D eigenvalue weighted by atomic mass is 10.2. The maximum absolute atomic E-state index is 10.9. The Labute approximate surface area is 98.0 Å². The Balaban J connectivity index is 2.65. The van der Waals surface area contributed by atoms with E-state index >= 15 is 0 Å². The third-order valence-electron chi connectivity index (χ3n) is 3.25. The highest BCUT2D eigenvalue weighted by molar-refractivity contribution is 6.74. The highest BCUT2D eigenvalue weighted by Gasteiger charge is 2.36. The number of pyridine rings is 1. The molecule has 1 aromatic rings. The number of hydrogen-bond acceptors (Lipinski definition) is 2. The Morgan fingerprint density at radius 1 is 1.31 bits per heavy atom. The summed E-state index contributed by atoms with van der Waals surface area (Å²) in [6.45, 7) is 11.7. The molecule has 4 heteroatoms. The van der Waals surface area contributed by atoms with E-state index in [1.54, 1.807) is 6.20 Å². The fourth-order valence-electron chi connectivity index (χ4n) is 1.01. The summed E-state index contributed by atoms with van der Waals surface area (Å²) in [4.78, 5) is 13.5. The molecule has 0 aliphatic rings. The van der Waals surface area contributed by atoms with Crippen LogP contribution in [0.4, 0.5) is 0 Å². The van der Waals surface area contributed by atoms with Crippen LogP contribution in [0, 0.1) is 0 Å². The van der Waals surface area contributed by atoms with Gasteiger partial charge in [-0.25, -0.2) is 0 Å². The van der Waals surface area contributed by atoms with Crippen molar-refractivity contribution in [2.75, 3.05) is 0 Å². The number of H-pyrrole nitrogens is 1. The molecule has 90 valence electrons. The number of nitrogens with one attached hydrogen (secondary N) is 1. The van der Waals surface area contributed by atoms with E-state index in [0.717, 1.165) is 5.56 Å². The van der Waals surface area contributed by atoms with Gasteiger partial charge in [0.25, 0.3) is 0 Å². The van der Waals surface area contributed by atoms with Crippen LogP contribution >= 0.6 is 0 Å². The van der Waals surface area contributed by atoms with Crippen molar-refractivity contribution in [1.29, 1.82) is 0 Å². The van der Waals surface area contributed by atoms with Crippen LogP contribution in [-0.4, -0.2) is 13.3 Å². The molecule has 1 rings (SSSR count). The van der Waals surface area contributed by atoms with Crippen LogP contribution in [0.3, 0.4) is 0 Å². The fourth-order valence-corrected chi connectivity index (χ4v) is 1.97. The smallest absolute Gasteiger partial charge is 0.247 e. The molecule has 0 amide bonds. The molecular formula is C12H21NO2Si. The number of aromatic nitrogens is 1. The summed E-state index contributed by atoms with van der Waals surface area (Å²) in [5.41, 5.74) is 0.945. The van der Waals surface area contributed by atoms with Crippen LogP contribution in [0.2, 0.25) is 18.1 Å². The lowest BCUT2D eigenvalue weighted by Gasteiger charge is -2.36. The normalized spacial score (nSPS) is 12.8. The van der Waals surface area contributed by atoms with Gasteiger partial charge in [-0.05, 0) is 29.8 Å². The van der Waals surface area contributed by atoms with Gasteiger partial charge >= 0.3 is 0 Å². The van der Waals surface area contributed by atoms with Crippen molar-refractivity contribution in [3.63, 3.8) is 0 Å². The van der Waals surface area contributed by atoms with Crippen molar-refractivity contribution in [2.24, 2.45) is 0 Å². The molecule has 0 aromatic carbocycles. The van der Waals surface area contributed by atoms with Crippen LogP contribution in [0.1, 0.15) is 26.3 Å². The minimum atomic E-state index is -1.69. The Kier molecular flexibility index (Phi) is 3.75. The first-order valence-corrected chi connectivity index (χ1v) is 8.45. The second-order valence-corrected chi connectivity index (χ2v) is 10.4. The predicted molar refractivity (Wildman–Crippen MR) is 69.0 cm³/mol. The number of hydrogen-bond donors (Lipinski definition) is 1. The summed E-state index contributed by atoms with van der Waals surface area (Å²) in [7, 11) is -1.69. The summed E-state index contributed by atoms with van der Waals surface area (Å²) in [5, 5.41) is 0.217. The zero-order chi connectivity index (χ0) is 12.4. The second-order valence-electron chi connectivity index (χ2n) is 5.61. The summed E-state index contributed by atoms with van der Waals surface area (Å²) in [6.07, 6.45) is 1.72. The molecule has 3 nitrogen and oxygen atoms in total. The van der Waals surface area contributed by atoms with Crippen LogP contribution in [-0.2, 0) is 11.0 Å². The maximum Gasteiger partial charge on any atom is 0.247 e. The van der Waals surface area contributed by atoms with E-state index < -0.39 is 8.32 Å². The first-order chi connectivity index (χ1) is 7.22. The monoisotopic (exact) mass is 239 g/mol. The summed E-state index contributed by atoms with van der Waals surface area (Å²) in [5.74, 6) is 0. The van der Waals surface area contributed by atoms with Gasteiger partial charge in [-0.15, -0.1) is 0 Å². The molecule has 0 saturated heterocycles. The standard InChI is InChI=1S/C12H21NO2Si/c1-12(2,3)16(4,5)15-9-10-6-7-11(14)13-8-10/h6-8H,9H2,1-5H3,(H,13,14). The van der Waals surface area contributed by atoms with Gasteiger partial charge in [0.05, 0.1) is 6.61 Å². The average Bonchev–Trinajstić information content (AvgIpc) is 2.15. The fraction of sp³-hybridized carbons (Fsp3) is 0.583. The Morgan fingerprint density at radius 2 is 1.94 bits per heavy atom. The van der Waals surface area contributed by atoms with Crippen LogP contribution < -0.4 is 5.56 Å². The minimum Gasteiger partial charge on any atom is -0.413 e. The van der Waals surface area contributed by atoms with Crippen molar-refractivity contribution in [3.8, 4) is 0 Å². The lowest BCUT2D eigenvalue weighted by molar-refractivity contribution is 0.276. The summed E-state index contributed by atoms with van der Waals surface area (Å²) in [6, 6.07) is 3.34. The van der Waals surface area contributed by atoms with Gasteiger partial charge in [-0.1, -0.05) is 20.8 Å². The first kappa shape index (κ1) is 13.2. The van der Waals surface area contributed by atoms with Crippen LogP contribution in [0.25, 0.3) is 0 Å². The molecule has 0 radical (unpaired) electrons. The Morgan fingerprint density at radius 3 is 2.38 bits per heavy atom. The molecule has 0 spiro atoms. The molecule has 1 heterocycles. The SMILES string of the molecule is CC(C)(C)[Si](C)(C)OCc1ccc(=O)[nH]c1. The van der Waals surface area contributed by atoms with Crippen molar-refractivity contribution in [2.45, 2.75) is 45.5 Å². The molecule has 0 saturated carbocycles. The van der Waals surface area contributed by atoms with E-state index in [2.05, 4.69) is 38.8 Å². The number of aromatic amines is 1. The minimum absolute atomic E-state index is 0.0731. The van der Waals surface area contributed by atoms with Crippen LogP contribution in [0.15, 0.2) is 23.1 Å². The second kappa shape index (κ2) is 4.55. The van der Waals surface area contributed by atoms with E-state index in [4.69, 9.17) is 4.43 Å². The maximum atomic E-state index is 10.9. The third-order valence-corrected chi connectivity index (χ3v) is 7.73. The van der Waals surface area contributed by atoms with Gasteiger partial charge in [0.1, 0.15) is 0 Å². The van der Waals surface area contributed by atoms with Gasteiger partial charge in [0.15, 0.2) is 8.32 Å². The highest BCUT2D eigenvalue weighted by atomic mass is 28.4. The van der Waals surface area contributed by atoms with E-state index in [1.165, 1.54) is 6.07 Å². The molecule has 0 bridgehead atoms. The van der Waals surface area contributed by atoms with Crippen molar-refractivity contribution >= 4 is 8.32 Å². The van der Waals surface area contributed by atoms with Gasteiger partial charge in [-0.2, -0.15) is 0 Å². The van der Waals surface area contributed by atoms with Crippen molar-refractivity contribution in [1.82, 2.24) is 4.98 Å². The molecule has 0 atom stereocenters. The summed E-state index contributed by atoms with van der Waals surface area (Å²) >= 11 is 0. The van der Waals surface area contributed by atoms with E-state index in [-0.39, 0.29) is 10.6 Å². The van der Waals surface area contributed by atoms with Gasteiger partial charge in [0, 0.05) is 12.3 Å². The average molecular weight is 239 g/mol. The van der Waals surface area contributed by atoms with Crippen LogP contribution in [0.5, 0.6) is 0 Å². The quantitative estimate of drug-likeness (QED) is 0.824. The van der Waals surface area contributed by atoms with Gasteiger partial charge in [0.2, 0.25) is 5.56 Å². The Hall–Kier alpha value is -0.873. The first-order valence-electron chi connectivity index (χ1n) is 5.54. The summed E-state index contributed by atoms with van der Waals surface area (Å²) < 4.78 is 6.04. The molecular weight excluding hydrogens is 218 g/mol. The Bertz CT molecular complexity index is 384. The molecule has 16 heavy (non-hydrogen) atoms. The van der Waals surface area contributed by atoms with E-state index in [0.29, 0.717) is 6.61 Å². The molecule has 0 unspecified atom stereocenters. The lowest BCUT2D eigenvalue weighted by Crippen LogP contribution is -2.40. The predicted octanol–water partition coefficient (Wildman–Crippen LogP) is 2.90. The highest BCUT2D eigenvalue weighted by Crippen LogP contribution is 2.36. The molecule has 0 fully saturated rings. The van der Waals surface area contributed by atoms with Gasteiger partial charge < -0.3 is 9.41 Å². The number of rotatable bonds is 3. The van der Waals surface area contributed by atoms with Gasteiger partial charge in [-0.3, -0.25) is 4.79 Å². The molecule has 0 aliphatic heterocycles. The van der Waals surface area contributed by atoms with Crippen molar-refractivity contribution < 1.29 is 4.43 Å².